The molecular weight excluding hydrogens is 184 g/mol. The van der Waals surface area contributed by atoms with Crippen LogP contribution in [0.5, 0.6) is 0 Å². The van der Waals surface area contributed by atoms with Gasteiger partial charge >= 0.3 is 0 Å². The van der Waals surface area contributed by atoms with Crippen LogP contribution in [0.15, 0.2) is 0 Å². The van der Waals surface area contributed by atoms with Gasteiger partial charge in [0.15, 0.2) is 0 Å². The third kappa shape index (κ3) is 2.73. The molecule has 1 aliphatic heterocycles. The molecule has 0 bridgehead atoms. The molecule has 1 saturated heterocycles. The normalized spacial score (nSPS) is 38.6. The summed E-state index contributed by atoms with van der Waals surface area (Å²) in [5.74, 6) is 0.851. The van der Waals surface area contributed by atoms with Crippen molar-refractivity contribution in [2.45, 2.75) is 39.7 Å². The van der Waals surface area contributed by atoms with Crippen LogP contribution in [0.1, 0.15) is 33.6 Å². The number of hydrogen-bond donors (Lipinski definition) is 0. The Labute approximate surface area is 95.6 Å². The van der Waals surface area contributed by atoms with E-state index in [1.807, 2.05) is 0 Å². The molecule has 3 unspecified atom stereocenters. The summed E-state index contributed by atoms with van der Waals surface area (Å²) in [4.78, 5) is 4.83. The average molecular weight is 212 g/mol. The molecule has 0 amide bonds. The molecule has 90 valence electrons. The molecule has 0 aromatic carbocycles. The second-order valence-corrected chi connectivity index (χ2v) is 5.91. The Bertz CT molecular complexity index is 203. The van der Waals surface area contributed by atoms with Gasteiger partial charge in [-0.15, -0.1) is 0 Å². The zero-order valence-electron chi connectivity index (χ0n) is 11.4. The molecule has 3 atom stereocenters. The quantitative estimate of drug-likeness (QED) is 0.708. The number of likely N-dealkylation sites (tertiary alicyclic amines) is 1. The fourth-order valence-electron chi connectivity index (χ4n) is 2.76. The van der Waals surface area contributed by atoms with E-state index in [4.69, 9.17) is 0 Å². The van der Waals surface area contributed by atoms with Gasteiger partial charge in [0.1, 0.15) is 0 Å². The Balaban J connectivity index is 2.67. The number of piperidine rings is 1. The van der Waals surface area contributed by atoms with E-state index in [2.05, 4.69) is 51.7 Å². The topological polar surface area (TPSA) is 6.48 Å². The minimum absolute atomic E-state index is 0.483. The molecule has 0 radical (unpaired) electrons. The fraction of sp³-hybridized carbons (Fsp3) is 1.00. The van der Waals surface area contributed by atoms with Crippen LogP contribution in [0.25, 0.3) is 0 Å². The van der Waals surface area contributed by atoms with Crippen LogP contribution >= 0.6 is 0 Å². The van der Waals surface area contributed by atoms with Gasteiger partial charge in [-0.2, -0.15) is 0 Å². The van der Waals surface area contributed by atoms with Crippen LogP contribution < -0.4 is 0 Å². The highest BCUT2D eigenvalue weighted by Crippen LogP contribution is 2.42. The van der Waals surface area contributed by atoms with Crippen LogP contribution in [-0.2, 0) is 0 Å². The van der Waals surface area contributed by atoms with Crippen LogP contribution in [-0.4, -0.2) is 50.1 Å². The Morgan fingerprint density at radius 2 is 1.93 bits per heavy atom. The van der Waals surface area contributed by atoms with E-state index >= 15 is 0 Å². The lowest BCUT2D eigenvalue weighted by molar-refractivity contribution is -0.00357. The van der Waals surface area contributed by atoms with Gasteiger partial charge in [-0.3, -0.25) is 0 Å². The number of rotatable bonds is 3. The summed E-state index contributed by atoms with van der Waals surface area (Å²) in [5.41, 5.74) is 0.483. The Morgan fingerprint density at radius 1 is 1.33 bits per heavy atom. The second-order valence-electron chi connectivity index (χ2n) is 5.91. The summed E-state index contributed by atoms with van der Waals surface area (Å²) < 4.78 is 0. The summed E-state index contributed by atoms with van der Waals surface area (Å²) in [6.07, 6.45) is 2.66. The highest BCUT2D eigenvalue weighted by molar-refractivity contribution is 4.94. The van der Waals surface area contributed by atoms with Crippen molar-refractivity contribution in [3.63, 3.8) is 0 Å². The van der Waals surface area contributed by atoms with Crippen molar-refractivity contribution in [1.82, 2.24) is 9.80 Å². The highest BCUT2D eigenvalue weighted by atomic mass is 15.1. The predicted octanol–water partition coefficient (Wildman–Crippen LogP) is 2.30. The molecule has 0 saturated carbocycles. The third-order valence-corrected chi connectivity index (χ3v) is 4.75. The molecule has 0 aliphatic carbocycles. The first-order chi connectivity index (χ1) is 6.88. The molecule has 2 nitrogen and oxygen atoms in total. The van der Waals surface area contributed by atoms with Gasteiger partial charge < -0.3 is 9.80 Å². The maximum Gasteiger partial charge on any atom is 0.0121 e. The lowest BCUT2D eigenvalue weighted by Crippen LogP contribution is -2.52. The molecule has 1 heterocycles. The van der Waals surface area contributed by atoms with Gasteiger partial charge in [0.25, 0.3) is 0 Å². The van der Waals surface area contributed by atoms with Crippen LogP contribution in [0, 0.1) is 11.3 Å². The first-order valence-corrected chi connectivity index (χ1v) is 6.23. The molecule has 0 aromatic heterocycles. The third-order valence-electron chi connectivity index (χ3n) is 4.75. The number of nitrogens with zero attached hydrogens (tertiary/aromatic N) is 2. The van der Waals surface area contributed by atoms with Gasteiger partial charge in [-0.1, -0.05) is 13.8 Å². The molecule has 15 heavy (non-hydrogen) atoms. The summed E-state index contributed by atoms with van der Waals surface area (Å²) in [5, 5.41) is 0. The smallest absolute Gasteiger partial charge is 0.0121 e. The van der Waals surface area contributed by atoms with Gasteiger partial charge in [0.05, 0.1) is 0 Å². The molecule has 1 fully saturated rings. The monoisotopic (exact) mass is 212 g/mol. The number of hydrogen-bond acceptors (Lipinski definition) is 2. The van der Waals surface area contributed by atoms with Crippen molar-refractivity contribution in [2.75, 3.05) is 34.2 Å². The molecule has 2 heteroatoms. The van der Waals surface area contributed by atoms with Crippen LogP contribution in [0.2, 0.25) is 0 Å². The van der Waals surface area contributed by atoms with Crippen molar-refractivity contribution in [3.05, 3.63) is 0 Å². The highest BCUT2D eigenvalue weighted by Gasteiger charge is 2.41. The largest absolute Gasteiger partial charge is 0.309 e. The van der Waals surface area contributed by atoms with E-state index in [1.54, 1.807) is 0 Å². The summed E-state index contributed by atoms with van der Waals surface area (Å²) in [6.45, 7) is 9.77. The lowest BCUT2D eigenvalue weighted by Gasteiger charge is -2.50. The summed E-state index contributed by atoms with van der Waals surface area (Å²) >= 11 is 0. The van der Waals surface area contributed by atoms with Gasteiger partial charge in [-0.25, -0.2) is 0 Å². The molecule has 0 spiro atoms. The molecule has 1 rings (SSSR count). The second kappa shape index (κ2) is 4.84. The average Bonchev–Trinajstić information content (AvgIpc) is 2.18. The van der Waals surface area contributed by atoms with Crippen LogP contribution in [0.4, 0.5) is 0 Å². The Kier molecular flexibility index (Phi) is 4.19. The van der Waals surface area contributed by atoms with Crippen LogP contribution in [0.3, 0.4) is 0 Å². The van der Waals surface area contributed by atoms with Gasteiger partial charge in [0.2, 0.25) is 0 Å². The first kappa shape index (κ1) is 13.0. The van der Waals surface area contributed by atoms with Crippen molar-refractivity contribution in [1.29, 1.82) is 0 Å². The van der Waals surface area contributed by atoms with Crippen molar-refractivity contribution >= 4 is 0 Å². The van der Waals surface area contributed by atoms with Gasteiger partial charge in [-0.05, 0) is 65.3 Å². The maximum absolute atomic E-state index is 2.52. The Morgan fingerprint density at radius 3 is 2.47 bits per heavy atom. The first-order valence-electron chi connectivity index (χ1n) is 6.23. The standard InChI is InChI=1S/C13H28N2/c1-11-7-9-15(6)12(2)13(11,3)8-10-14(4)5/h11-12H,7-10H2,1-6H3. The molecule has 1 aliphatic rings. The van der Waals surface area contributed by atoms with E-state index in [0.717, 1.165) is 5.92 Å². The molecular formula is C13H28N2. The van der Waals surface area contributed by atoms with E-state index < -0.39 is 0 Å². The van der Waals surface area contributed by atoms with E-state index in [9.17, 15) is 0 Å². The zero-order chi connectivity index (χ0) is 11.6. The van der Waals surface area contributed by atoms with Crippen molar-refractivity contribution < 1.29 is 0 Å². The molecule has 0 N–H and O–H groups in total. The van der Waals surface area contributed by atoms with Gasteiger partial charge in [0, 0.05) is 6.04 Å². The van der Waals surface area contributed by atoms with E-state index in [1.165, 1.54) is 25.9 Å². The Hall–Kier alpha value is -0.0800. The molecule has 0 aromatic rings. The lowest BCUT2D eigenvalue weighted by atomic mass is 9.66. The minimum atomic E-state index is 0.483. The van der Waals surface area contributed by atoms with Crippen molar-refractivity contribution in [2.24, 2.45) is 11.3 Å². The fourth-order valence-corrected chi connectivity index (χ4v) is 2.76. The predicted molar refractivity (Wildman–Crippen MR) is 67.2 cm³/mol. The summed E-state index contributed by atoms with van der Waals surface area (Å²) in [7, 11) is 6.61. The van der Waals surface area contributed by atoms with E-state index in [0.29, 0.717) is 11.5 Å². The van der Waals surface area contributed by atoms with E-state index in [-0.39, 0.29) is 0 Å². The van der Waals surface area contributed by atoms with Crippen molar-refractivity contribution in [3.8, 4) is 0 Å². The maximum atomic E-state index is 2.52. The minimum Gasteiger partial charge on any atom is -0.309 e. The zero-order valence-corrected chi connectivity index (χ0v) is 11.4. The SMILES string of the molecule is CC1CCN(C)C(C)C1(C)CCN(C)C. The summed E-state index contributed by atoms with van der Waals surface area (Å²) in [6, 6.07) is 0.709.